The molecule has 1 saturated heterocycles. The summed E-state index contributed by atoms with van der Waals surface area (Å²) in [5, 5.41) is 39.3. The molecule has 1 amide bonds. The number of carbonyl (C=O) groups is 2. The molecule has 23 heavy (non-hydrogen) atoms. The summed E-state index contributed by atoms with van der Waals surface area (Å²) in [6, 6.07) is 3.97. The van der Waals surface area contributed by atoms with Gasteiger partial charge in [-0.05, 0) is 25.0 Å². The van der Waals surface area contributed by atoms with Gasteiger partial charge < -0.3 is 25.3 Å². The second-order valence-corrected chi connectivity index (χ2v) is 5.90. The summed E-state index contributed by atoms with van der Waals surface area (Å²) < 4.78 is 0. The lowest BCUT2D eigenvalue weighted by atomic mass is 9.72. The van der Waals surface area contributed by atoms with E-state index in [-0.39, 0.29) is 36.6 Å². The number of nitrogens with zero attached hydrogens (tertiary/aromatic N) is 1. The third-order valence-electron chi connectivity index (χ3n) is 4.50. The molecule has 0 radical (unpaired) electrons. The van der Waals surface area contributed by atoms with Gasteiger partial charge in [0.1, 0.15) is 17.1 Å². The van der Waals surface area contributed by atoms with Crippen LogP contribution in [0.4, 0.5) is 0 Å². The minimum absolute atomic E-state index is 0.122. The molecule has 0 saturated carbocycles. The largest absolute Gasteiger partial charge is 0.507 e. The molecule has 126 valence electrons. The zero-order chi connectivity index (χ0) is 17.2. The number of aliphatic hydroxyl groups excluding tert-OH is 1. The van der Waals surface area contributed by atoms with E-state index in [2.05, 4.69) is 0 Å². The molecule has 1 aliphatic rings. The maximum atomic E-state index is 12.5. The Bertz CT molecular complexity index is 596. The van der Waals surface area contributed by atoms with Crippen LogP contribution in [0, 0.1) is 5.41 Å². The van der Waals surface area contributed by atoms with Gasteiger partial charge in [-0.3, -0.25) is 9.59 Å². The molecule has 1 aliphatic heterocycles. The fourth-order valence-corrected chi connectivity index (χ4v) is 3.16. The molecular formula is C16H21NO6. The van der Waals surface area contributed by atoms with Crippen LogP contribution in [-0.4, -0.2) is 56.4 Å². The summed E-state index contributed by atoms with van der Waals surface area (Å²) in [4.78, 5) is 25.3. The van der Waals surface area contributed by atoms with Gasteiger partial charge in [-0.25, -0.2) is 0 Å². The number of hydrogen-bond acceptors (Lipinski definition) is 5. The highest BCUT2D eigenvalue weighted by Gasteiger charge is 2.48. The quantitative estimate of drug-likeness (QED) is 0.661. The lowest BCUT2D eigenvalue weighted by Crippen LogP contribution is -2.56. The van der Waals surface area contributed by atoms with Crippen molar-refractivity contribution in [3.8, 4) is 11.5 Å². The number of benzene rings is 1. The van der Waals surface area contributed by atoms with Gasteiger partial charge in [-0.15, -0.1) is 0 Å². The van der Waals surface area contributed by atoms with Crippen molar-refractivity contribution in [1.82, 2.24) is 4.90 Å². The van der Waals surface area contributed by atoms with Crippen LogP contribution in [0.5, 0.6) is 11.5 Å². The summed E-state index contributed by atoms with van der Waals surface area (Å²) in [6.07, 6.45) is -0.145. The number of β-amino-alcohol motifs (C(OH)–C–C–N with tert-alkyl or cyclic N) is 1. The minimum atomic E-state index is -1.26. The highest BCUT2D eigenvalue weighted by atomic mass is 16.4. The topological polar surface area (TPSA) is 118 Å². The monoisotopic (exact) mass is 323 g/mol. The molecule has 0 aromatic heterocycles. The molecule has 0 aliphatic carbocycles. The number of carboxylic acid groups (broad SMARTS) is 1. The number of carbonyl (C=O) groups excluding carboxylic acids is 1. The van der Waals surface area contributed by atoms with Crippen LogP contribution < -0.4 is 0 Å². The van der Waals surface area contributed by atoms with Crippen LogP contribution in [0.1, 0.15) is 36.5 Å². The van der Waals surface area contributed by atoms with Crippen LogP contribution in [0.25, 0.3) is 0 Å². The Morgan fingerprint density at radius 3 is 2.39 bits per heavy atom. The second-order valence-electron chi connectivity index (χ2n) is 5.90. The molecule has 4 N–H and O–H groups in total. The van der Waals surface area contributed by atoms with E-state index in [1.165, 1.54) is 23.1 Å². The van der Waals surface area contributed by atoms with Crippen molar-refractivity contribution >= 4 is 11.9 Å². The fraction of sp³-hybridized carbons (Fsp3) is 0.500. The summed E-state index contributed by atoms with van der Waals surface area (Å²) in [5.74, 6) is -2.40. The Balaban J connectivity index is 2.23. The molecule has 0 unspecified atom stereocenters. The average molecular weight is 323 g/mol. The van der Waals surface area contributed by atoms with E-state index in [1.54, 1.807) is 0 Å². The highest BCUT2D eigenvalue weighted by Crippen LogP contribution is 2.38. The van der Waals surface area contributed by atoms with Crippen LogP contribution in [0.3, 0.4) is 0 Å². The number of phenolic OH excluding ortho intramolecular Hbond substituents is 2. The number of likely N-dealkylation sites (tertiary alicyclic amines) is 1. The van der Waals surface area contributed by atoms with Gasteiger partial charge in [0.05, 0.1) is 11.5 Å². The van der Waals surface area contributed by atoms with Gasteiger partial charge in [0.2, 0.25) is 0 Å². The first-order valence-corrected chi connectivity index (χ1v) is 7.55. The molecule has 7 heteroatoms. The average Bonchev–Trinajstić information content (AvgIpc) is 2.48. The van der Waals surface area contributed by atoms with Crippen molar-refractivity contribution in [3.63, 3.8) is 0 Å². The number of aromatic hydroxyl groups is 2. The molecule has 0 spiro atoms. The predicted molar refractivity (Wildman–Crippen MR) is 81.3 cm³/mol. The van der Waals surface area contributed by atoms with E-state index < -0.39 is 23.4 Å². The molecule has 1 aromatic rings. The van der Waals surface area contributed by atoms with Crippen LogP contribution in [0.15, 0.2) is 18.2 Å². The first-order chi connectivity index (χ1) is 10.8. The zero-order valence-electron chi connectivity index (χ0n) is 12.9. The van der Waals surface area contributed by atoms with Crippen LogP contribution in [-0.2, 0) is 4.79 Å². The van der Waals surface area contributed by atoms with Crippen LogP contribution in [0.2, 0.25) is 0 Å². The van der Waals surface area contributed by atoms with Crippen molar-refractivity contribution < 1.29 is 30.0 Å². The smallest absolute Gasteiger partial charge is 0.312 e. The maximum Gasteiger partial charge on any atom is 0.312 e. The Kier molecular flexibility index (Phi) is 4.79. The lowest BCUT2D eigenvalue weighted by molar-refractivity contribution is -0.162. The summed E-state index contributed by atoms with van der Waals surface area (Å²) in [5.41, 5.74) is -1.50. The standard InChI is InChI=1S/C16H21NO6/c1-2-6-16(15(22)23)7-8-17(9-12(16)20)14(21)13-10(18)4-3-5-11(13)19/h3-5,12,18-20H,2,6-9H2,1H3,(H,22,23)/t12-,16+/m1/s1. The van der Waals surface area contributed by atoms with Gasteiger partial charge in [0.15, 0.2) is 0 Å². The maximum absolute atomic E-state index is 12.5. The third-order valence-corrected chi connectivity index (χ3v) is 4.50. The predicted octanol–water partition coefficient (Wildman–Crippen LogP) is 1.18. The number of hydrogen-bond donors (Lipinski definition) is 4. The number of carboxylic acids is 1. The van der Waals surface area contributed by atoms with Gasteiger partial charge in [0.25, 0.3) is 5.91 Å². The van der Waals surface area contributed by atoms with Gasteiger partial charge >= 0.3 is 5.97 Å². The van der Waals surface area contributed by atoms with Gasteiger partial charge in [-0.1, -0.05) is 19.4 Å². The zero-order valence-corrected chi connectivity index (χ0v) is 12.9. The highest BCUT2D eigenvalue weighted by molar-refractivity contribution is 5.99. The van der Waals surface area contributed by atoms with E-state index in [4.69, 9.17) is 0 Å². The Morgan fingerprint density at radius 2 is 1.91 bits per heavy atom. The summed E-state index contributed by atoms with van der Waals surface area (Å²) in [6.45, 7) is 1.82. The molecule has 2 atom stereocenters. The summed E-state index contributed by atoms with van der Waals surface area (Å²) in [7, 11) is 0. The number of rotatable bonds is 4. The van der Waals surface area contributed by atoms with E-state index in [0.717, 1.165) is 0 Å². The first kappa shape index (κ1) is 17.1. The lowest BCUT2D eigenvalue weighted by Gasteiger charge is -2.42. The van der Waals surface area contributed by atoms with Crippen LogP contribution >= 0.6 is 0 Å². The molecule has 7 nitrogen and oxygen atoms in total. The summed E-state index contributed by atoms with van der Waals surface area (Å²) >= 11 is 0. The van der Waals surface area contributed by atoms with Gasteiger partial charge in [0, 0.05) is 13.1 Å². The molecule has 2 rings (SSSR count). The third kappa shape index (κ3) is 2.96. The van der Waals surface area contributed by atoms with E-state index >= 15 is 0 Å². The van der Waals surface area contributed by atoms with Gasteiger partial charge in [-0.2, -0.15) is 0 Å². The van der Waals surface area contributed by atoms with E-state index in [0.29, 0.717) is 12.8 Å². The second kappa shape index (κ2) is 6.45. The molecule has 1 heterocycles. The van der Waals surface area contributed by atoms with Crippen molar-refractivity contribution in [2.24, 2.45) is 5.41 Å². The number of aliphatic carboxylic acids is 1. The SMILES string of the molecule is CCC[C@]1(C(=O)O)CCN(C(=O)c2c(O)cccc2O)C[C@H]1O. The van der Waals surface area contributed by atoms with E-state index in [1.807, 2.05) is 6.92 Å². The number of phenols is 2. The normalized spacial score (nSPS) is 24.4. The Hall–Kier alpha value is -2.28. The Morgan fingerprint density at radius 1 is 1.30 bits per heavy atom. The minimum Gasteiger partial charge on any atom is -0.507 e. The van der Waals surface area contributed by atoms with Crippen molar-refractivity contribution in [3.05, 3.63) is 23.8 Å². The molecule has 1 aromatic carbocycles. The molecule has 0 bridgehead atoms. The number of amides is 1. The first-order valence-electron chi connectivity index (χ1n) is 7.55. The molecular weight excluding hydrogens is 302 g/mol. The van der Waals surface area contributed by atoms with E-state index in [9.17, 15) is 30.0 Å². The number of piperidine rings is 1. The fourth-order valence-electron chi connectivity index (χ4n) is 3.16. The van der Waals surface area contributed by atoms with Crippen molar-refractivity contribution in [2.75, 3.05) is 13.1 Å². The van der Waals surface area contributed by atoms with Crippen molar-refractivity contribution in [1.29, 1.82) is 0 Å². The van der Waals surface area contributed by atoms with Crippen molar-refractivity contribution in [2.45, 2.75) is 32.3 Å². The molecule has 1 fully saturated rings. The Labute approximate surface area is 133 Å². The number of aliphatic hydroxyl groups is 1.